The number of amides is 1. The van der Waals surface area contributed by atoms with Crippen LogP contribution in [0, 0.1) is 0 Å². The maximum absolute atomic E-state index is 12.2. The maximum atomic E-state index is 12.2. The summed E-state index contributed by atoms with van der Waals surface area (Å²) in [6, 6.07) is 16.1. The Morgan fingerprint density at radius 3 is 2.40 bits per heavy atom. The Labute approximate surface area is 182 Å². The van der Waals surface area contributed by atoms with Gasteiger partial charge in [0.2, 0.25) is 5.91 Å². The molecular weight excluding hydrogens is 396 g/mol. The molecule has 1 amide bonds. The number of nitrogens with one attached hydrogen (secondary N) is 1. The smallest absolute Gasteiger partial charge is 0.230 e. The van der Waals surface area contributed by atoms with Gasteiger partial charge >= 0.3 is 0 Å². The number of hydrogen-bond donors (Lipinski definition) is 1. The minimum Gasteiger partial charge on any atom is -0.497 e. The van der Waals surface area contributed by atoms with Gasteiger partial charge in [-0.3, -0.25) is 9.36 Å². The molecule has 0 fully saturated rings. The molecule has 1 N–H and O–H groups in total. The predicted molar refractivity (Wildman–Crippen MR) is 121 cm³/mol. The number of thioether (sulfide) groups is 1. The van der Waals surface area contributed by atoms with E-state index in [0.717, 1.165) is 22.8 Å². The van der Waals surface area contributed by atoms with Crippen LogP contribution in [0.3, 0.4) is 0 Å². The van der Waals surface area contributed by atoms with E-state index in [-0.39, 0.29) is 17.7 Å². The van der Waals surface area contributed by atoms with Gasteiger partial charge in [-0.2, -0.15) is 0 Å². The molecule has 30 heavy (non-hydrogen) atoms. The van der Waals surface area contributed by atoms with E-state index in [2.05, 4.69) is 41.5 Å². The Hall–Kier alpha value is -2.80. The Morgan fingerprint density at radius 1 is 1.07 bits per heavy atom. The zero-order chi connectivity index (χ0) is 21.7. The molecule has 0 aliphatic heterocycles. The molecular formula is C23H28N4O2S. The van der Waals surface area contributed by atoms with E-state index in [1.165, 1.54) is 17.3 Å². The zero-order valence-corrected chi connectivity index (χ0v) is 18.9. The summed E-state index contributed by atoms with van der Waals surface area (Å²) in [7, 11) is 1.65. The van der Waals surface area contributed by atoms with E-state index in [9.17, 15) is 4.79 Å². The van der Waals surface area contributed by atoms with Crippen LogP contribution in [0.2, 0.25) is 0 Å². The van der Waals surface area contributed by atoms with Crippen molar-refractivity contribution in [2.75, 3.05) is 12.9 Å². The summed E-state index contributed by atoms with van der Waals surface area (Å²) in [5.74, 6) is 2.11. The van der Waals surface area contributed by atoms with Crippen LogP contribution in [0.25, 0.3) is 17.1 Å². The first-order chi connectivity index (χ1) is 14.4. The van der Waals surface area contributed by atoms with Crippen LogP contribution >= 0.6 is 11.8 Å². The molecule has 1 heterocycles. The normalized spacial score (nSPS) is 11.2. The molecule has 0 saturated heterocycles. The van der Waals surface area contributed by atoms with E-state index >= 15 is 0 Å². The van der Waals surface area contributed by atoms with Gasteiger partial charge in [0.15, 0.2) is 11.0 Å². The monoisotopic (exact) mass is 424 g/mol. The van der Waals surface area contributed by atoms with Gasteiger partial charge in [0.1, 0.15) is 5.75 Å². The van der Waals surface area contributed by atoms with Crippen LogP contribution in [-0.4, -0.2) is 39.6 Å². The third kappa shape index (κ3) is 5.02. The molecule has 0 unspecified atom stereocenters. The fourth-order valence-electron chi connectivity index (χ4n) is 3.18. The summed E-state index contributed by atoms with van der Waals surface area (Å²) in [5, 5.41) is 12.5. The third-order valence-electron chi connectivity index (χ3n) is 4.56. The van der Waals surface area contributed by atoms with Crippen LogP contribution < -0.4 is 10.1 Å². The number of nitrogens with zero attached hydrogens (tertiary/aromatic N) is 3. The van der Waals surface area contributed by atoms with E-state index in [0.29, 0.717) is 11.1 Å². The number of rotatable bonds is 8. The quantitative estimate of drug-likeness (QED) is 0.532. The molecule has 0 saturated carbocycles. The highest BCUT2D eigenvalue weighted by atomic mass is 32.2. The van der Waals surface area contributed by atoms with Gasteiger partial charge < -0.3 is 10.1 Å². The first-order valence-corrected chi connectivity index (χ1v) is 11.0. The van der Waals surface area contributed by atoms with Crippen molar-refractivity contribution in [2.45, 2.75) is 44.8 Å². The Kier molecular flexibility index (Phi) is 7.15. The van der Waals surface area contributed by atoms with Crippen LogP contribution in [0.15, 0.2) is 53.7 Å². The van der Waals surface area contributed by atoms with Crippen LogP contribution in [-0.2, 0) is 4.79 Å². The highest BCUT2D eigenvalue weighted by Crippen LogP contribution is 2.32. The summed E-state index contributed by atoms with van der Waals surface area (Å²) in [4.78, 5) is 12.2. The summed E-state index contributed by atoms with van der Waals surface area (Å²) < 4.78 is 7.33. The molecule has 0 atom stereocenters. The predicted octanol–water partition coefficient (Wildman–Crippen LogP) is 4.68. The largest absolute Gasteiger partial charge is 0.497 e. The molecule has 1 aromatic heterocycles. The number of ether oxygens (including phenoxy) is 1. The molecule has 6 nitrogen and oxygen atoms in total. The molecule has 0 aliphatic rings. The molecule has 0 spiro atoms. The summed E-state index contributed by atoms with van der Waals surface area (Å²) in [6.45, 7) is 8.23. The van der Waals surface area contributed by atoms with E-state index in [4.69, 9.17) is 4.74 Å². The lowest BCUT2D eigenvalue weighted by Crippen LogP contribution is -2.31. The van der Waals surface area contributed by atoms with Gasteiger partial charge in [-0.25, -0.2) is 0 Å². The molecule has 158 valence electrons. The van der Waals surface area contributed by atoms with Crippen molar-refractivity contribution >= 4 is 17.7 Å². The van der Waals surface area contributed by atoms with Crippen LogP contribution in [0.5, 0.6) is 5.75 Å². The Morgan fingerprint density at radius 2 is 1.77 bits per heavy atom. The maximum Gasteiger partial charge on any atom is 0.230 e. The van der Waals surface area contributed by atoms with Gasteiger partial charge in [0.25, 0.3) is 0 Å². The Bertz CT molecular complexity index is 997. The molecule has 3 rings (SSSR count). The highest BCUT2D eigenvalue weighted by molar-refractivity contribution is 7.99. The minimum atomic E-state index is -0.0207. The lowest BCUT2D eigenvalue weighted by atomic mass is 10.0. The minimum absolute atomic E-state index is 0.0207. The van der Waals surface area contributed by atoms with Crippen molar-refractivity contribution in [3.05, 3.63) is 54.1 Å². The van der Waals surface area contributed by atoms with Crippen molar-refractivity contribution in [3.8, 4) is 22.8 Å². The number of carbonyl (C=O) groups is 1. The molecule has 7 heteroatoms. The summed E-state index contributed by atoms with van der Waals surface area (Å²) in [5.41, 5.74) is 3.15. The van der Waals surface area contributed by atoms with Crippen LogP contribution in [0.4, 0.5) is 0 Å². The van der Waals surface area contributed by atoms with Gasteiger partial charge in [0, 0.05) is 11.6 Å². The van der Waals surface area contributed by atoms with Gasteiger partial charge in [-0.15, -0.1) is 10.2 Å². The second-order valence-electron chi connectivity index (χ2n) is 7.59. The Balaban J connectivity index is 2.06. The topological polar surface area (TPSA) is 69.0 Å². The molecule has 3 aromatic rings. The average Bonchev–Trinajstić information content (AvgIpc) is 3.15. The lowest BCUT2D eigenvalue weighted by molar-refractivity contribution is -0.119. The standard InChI is InChI=1S/C23H28N4O2S/c1-15(2)19-8-6-7-9-20(19)27-22(17-10-12-18(29-5)13-11-17)25-26-23(27)30-14-21(28)24-16(3)4/h6-13,15-16H,14H2,1-5H3,(H,24,28). The van der Waals surface area contributed by atoms with Crippen molar-refractivity contribution in [2.24, 2.45) is 0 Å². The first-order valence-electron chi connectivity index (χ1n) is 10.0. The summed E-state index contributed by atoms with van der Waals surface area (Å²) >= 11 is 1.39. The fourth-order valence-corrected chi connectivity index (χ4v) is 3.94. The number of hydrogen-bond acceptors (Lipinski definition) is 5. The second-order valence-corrected chi connectivity index (χ2v) is 8.54. The number of carbonyl (C=O) groups excluding carboxylic acids is 1. The molecule has 2 aromatic carbocycles. The average molecular weight is 425 g/mol. The summed E-state index contributed by atoms with van der Waals surface area (Å²) in [6.07, 6.45) is 0. The van der Waals surface area contributed by atoms with E-state index in [1.807, 2.05) is 54.8 Å². The lowest BCUT2D eigenvalue weighted by Gasteiger charge is -2.17. The van der Waals surface area contributed by atoms with Gasteiger partial charge in [-0.05, 0) is 55.7 Å². The first kappa shape index (κ1) is 21.9. The molecule has 0 radical (unpaired) electrons. The van der Waals surface area contributed by atoms with Crippen LogP contribution in [0.1, 0.15) is 39.2 Å². The third-order valence-corrected chi connectivity index (χ3v) is 5.49. The SMILES string of the molecule is COc1ccc(-c2nnc(SCC(=O)NC(C)C)n2-c2ccccc2C(C)C)cc1. The van der Waals surface area contributed by atoms with Gasteiger partial charge in [0.05, 0.1) is 18.6 Å². The number of methoxy groups -OCH3 is 1. The van der Waals surface area contributed by atoms with E-state index < -0.39 is 0 Å². The number of benzene rings is 2. The highest BCUT2D eigenvalue weighted by Gasteiger charge is 2.20. The fraction of sp³-hybridized carbons (Fsp3) is 0.348. The van der Waals surface area contributed by atoms with Gasteiger partial charge in [-0.1, -0.05) is 43.8 Å². The van der Waals surface area contributed by atoms with E-state index in [1.54, 1.807) is 7.11 Å². The molecule has 0 bridgehead atoms. The van der Waals surface area contributed by atoms with Crippen molar-refractivity contribution in [3.63, 3.8) is 0 Å². The zero-order valence-electron chi connectivity index (χ0n) is 18.0. The number of para-hydroxylation sites is 1. The van der Waals surface area contributed by atoms with Crippen molar-refractivity contribution in [1.82, 2.24) is 20.1 Å². The number of aromatic nitrogens is 3. The second kappa shape index (κ2) is 9.80. The molecule has 0 aliphatic carbocycles. The van der Waals surface area contributed by atoms with Crippen molar-refractivity contribution < 1.29 is 9.53 Å². The van der Waals surface area contributed by atoms with Crippen molar-refractivity contribution in [1.29, 1.82) is 0 Å².